The van der Waals surface area contributed by atoms with E-state index in [4.69, 9.17) is 9.36 Å². The van der Waals surface area contributed by atoms with Gasteiger partial charge in [-0.2, -0.15) is 0 Å². The molecule has 1 aromatic carbocycles. The highest BCUT2D eigenvalue weighted by Gasteiger charge is 2.41. The minimum Gasteiger partial charge on any atom is -0.389 e. The molecule has 0 amide bonds. The number of thioether (sulfide) groups is 1. The first kappa shape index (κ1) is 21.3. The van der Waals surface area contributed by atoms with Gasteiger partial charge in [-0.25, -0.2) is 4.39 Å². The molecule has 0 aliphatic carbocycles. The third kappa shape index (κ3) is 4.95. The van der Waals surface area contributed by atoms with Crippen LogP contribution in [0.2, 0.25) is 0 Å². The largest absolute Gasteiger partial charge is 0.389 e. The normalized spacial score (nSPS) is 15.1. The number of oxime groups is 1. The summed E-state index contributed by atoms with van der Waals surface area (Å²) in [5.74, 6) is 12.5. The molecule has 0 atom stereocenters. The van der Waals surface area contributed by atoms with Gasteiger partial charge in [0.25, 0.3) is 0 Å². The summed E-state index contributed by atoms with van der Waals surface area (Å²) in [7, 11) is 0. The first-order valence-corrected chi connectivity index (χ1v) is 10.6. The van der Waals surface area contributed by atoms with E-state index >= 15 is 0 Å². The number of fused-ring (bicyclic) bond motifs is 1. The van der Waals surface area contributed by atoms with Crippen LogP contribution in [0.25, 0.3) is 11.0 Å². The minimum atomic E-state index is -0.587. The maximum atomic E-state index is 13.7. The van der Waals surface area contributed by atoms with Gasteiger partial charge in [-0.3, -0.25) is 0 Å². The number of benzene rings is 1. The van der Waals surface area contributed by atoms with E-state index in [1.165, 1.54) is 12.1 Å². The second-order valence-electron chi connectivity index (χ2n) is 7.55. The van der Waals surface area contributed by atoms with E-state index in [9.17, 15) is 4.39 Å². The highest BCUT2D eigenvalue weighted by molar-refractivity contribution is 8.14. The van der Waals surface area contributed by atoms with Crippen LogP contribution in [0.5, 0.6) is 0 Å². The number of hydrogen-bond donors (Lipinski definition) is 0. The van der Waals surface area contributed by atoms with Gasteiger partial charge in [-0.15, -0.1) is 23.7 Å². The maximum Gasteiger partial charge on any atom is 0.170 e. The van der Waals surface area contributed by atoms with Crippen molar-refractivity contribution in [2.75, 3.05) is 0 Å². The first-order valence-electron chi connectivity index (χ1n) is 9.80. The fraction of sp³-hybridized carbons (Fsp3) is 0.478. The molecule has 0 saturated carbocycles. The molecule has 1 aliphatic rings. The van der Waals surface area contributed by atoms with Crippen LogP contribution in [0.1, 0.15) is 65.5 Å². The molecule has 0 N–H and O–H groups in total. The Labute approximate surface area is 175 Å². The van der Waals surface area contributed by atoms with Crippen molar-refractivity contribution in [3.63, 3.8) is 0 Å². The van der Waals surface area contributed by atoms with Crippen molar-refractivity contribution in [3.05, 3.63) is 29.7 Å². The summed E-state index contributed by atoms with van der Waals surface area (Å²) in [6.45, 7) is 8.05. The number of halogens is 1. The SMILES string of the molecule is CCC#CCC(CC#CCC)(SC1=NOC(C)(C)C1)c1noc2cc(F)ccc12. The molecular weight excluding hydrogens is 387 g/mol. The Kier molecular flexibility index (Phi) is 6.55. The van der Waals surface area contributed by atoms with E-state index in [0.29, 0.717) is 24.8 Å². The first-order chi connectivity index (χ1) is 13.9. The lowest BCUT2D eigenvalue weighted by molar-refractivity contribution is 0.0123. The van der Waals surface area contributed by atoms with Crippen LogP contribution in [-0.4, -0.2) is 15.8 Å². The molecule has 29 heavy (non-hydrogen) atoms. The summed E-state index contributed by atoms with van der Waals surface area (Å²) in [6.07, 6.45) is 3.30. The standard InChI is InChI=1S/C23H25FN2O2S/c1-5-7-9-13-23(14-10-8-6-2,29-20-16-22(3,4)28-25-20)21-18-12-11-17(24)15-19(18)27-26-21/h11-12,15H,5-6,13-14,16H2,1-4H3. The number of hydrogen-bond acceptors (Lipinski definition) is 5. The van der Waals surface area contributed by atoms with E-state index < -0.39 is 4.75 Å². The van der Waals surface area contributed by atoms with Crippen LogP contribution in [0.4, 0.5) is 4.39 Å². The number of nitrogens with zero attached hydrogens (tertiary/aromatic N) is 2. The van der Waals surface area contributed by atoms with Crippen LogP contribution in [0, 0.1) is 29.5 Å². The molecule has 0 spiro atoms. The summed E-state index contributed by atoms with van der Waals surface area (Å²) in [5.41, 5.74) is 0.801. The number of rotatable bonds is 4. The van der Waals surface area contributed by atoms with Gasteiger partial charge in [0, 0.05) is 43.6 Å². The average molecular weight is 413 g/mol. The lowest BCUT2D eigenvalue weighted by Gasteiger charge is -2.27. The van der Waals surface area contributed by atoms with Crippen molar-refractivity contribution < 1.29 is 13.8 Å². The highest BCUT2D eigenvalue weighted by Crippen LogP contribution is 2.47. The lowest BCUT2D eigenvalue weighted by Crippen LogP contribution is -2.25. The Bertz CT molecular complexity index is 1010. The van der Waals surface area contributed by atoms with Crippen molar-refractivity contribution in [2.24, 2.45) is 5.16 Å². The smallest absolute Gasteiger partial charge is 0.170 e. The van der Waals surface area contributed by atoms with Gasteiger partial charge >= 0.3 is 0 Å². The Balaban J connectivity index is 2.10. The molecule has 0 saturated heterocycles. The summed E-state index contributed by atoms with van der Waals surface area (Å²) >= 11 is 1.58. The van der Waals surface area contributed by atoms with Crippen molar-refractivity contribution in [1.82, 2.24) is 5.16 Å². The van der Waals surface area contributed by atoms with Gasteiger partial charge in [-0.05, 0) is 26.0 Å². The molecule has 0 radical (unpaired) electrons. The Morgan fingerprint density at radius 3 is 2.41 bits per heavy atom. The molecule has 152 valence electrons. The monoisotopic (exact) mass is 412 g/mol. The molecule has 1 aromatic heterocycles. The van der Waals surface area contributed by atoms with Crippen molar-refractivity contribution in [1.29, 1.82) is 0 Å². The summed E-state index contributed by atoms with van der Waals surface area (Å²) < 4.78 is 18.6. The summed E-state index contributed by atoms with van der Waals surface area (Å²) in [4.78, 5) is 5.57. The van der Waals surface area contributed by atoms with E-state index in [2.05, 4.69) is 34.0 Å². The molecular formula is C23H25FN2O2S. The van der Waals surface area contributed by atoms with Gasteiger partial charge in [0.15, 0.2) is 5.58 Å². The van der Waals surface area contributed by atoms with E-state index in [1.54, 1.807) is 17.8 Å². The van der Waals surface area contributed by atoms with Crippen LogP contribution >= 0.6 is 11.8 Å². The zero-order valence-electron chi connectivity index (χ0n) is 17.3. The number of aromatic nitrogens is 1. The third-order valence-electron chi connectivity index (χ3n) is 4.50. The predicted octanol–water partition coefficient (Wildman–Crippen LogP) is 6.01. The zero-order chi connectivity index (χ0) is 20.9. The van der Waals surface area contributed by atoms with Gasteiger partial charge in [0.2, 0.25) is 0 Å². The second-order valence-corrected chi connectivity index (χ2v) is 9.01. The Morgan fingerprint density at radius 2 is 1.83 bits per heavy atom. The Morgan fingerprint density at radius 1 is 1.14 bits per heavy atom. The maximum absolute atomic E-state index is 13.7. The molecule has 6 heteroatoms. The van der Waals surface area contributed by atoms with Gasteiger partial charge in [0.05, 0.1) is 4.75 Å². The molecule has 2 aromatic rings. The molecule has 1 aliphatic heterocycles. The van der Waals surface area contributed by atoms with Crippen molar-refractivity contribution >= 4 is 27.8 Å². The van der Waals surface area contributed by atoms with Crippen LogP contribution < -0.4 is 0 Å². The van der Waals surface area contributed by atoms with E-state index in [1.807, 2.05) is 27.7 Å². The highest BCUT2D eigenvalue weighted by atomic mass is 32.2. The molecule has 4 nitrogen and oxygen atoms in total. The second kappa shape index (κ2) is 8.93. The average Bonchev–Trinajstić information content (AvgIpc) is 3.24. The fourth-order valence-electron chi connectivity index (χ4n) is 3.13. The zero-order valence-corrected chi connectivity index (χ0v) is 18.1. The molecule has 3 rings (SSSR count). The van der Waals surface area contributed by atoms with Crippen LogP contribution in [-0.2, 0) is 9.58 Å². The van der Waals surface area contributed by atoms with Crippen LogP contribution in [0.3, 0.4) is 0 Å². The van der Waals surface area contributed by atoms with Gasteiger partial charge in [0.1, 0.15) is 22.2 Å². The molecule has 0 fully saturated rings. The minimum absolute atomic E-state index is 0.340. The quantitative estimate of drug-likeness (QED) is 0.577. The molecule has 0 unspecified atom stereocenters. The van der Waals surface area contributed by atoms with Gasteiger partial charge in [-0.1, -0.05) is 35.9 Å². The molecule has 0 bridgehead atoms. The lowest BCUT2D eigenvalue weighted by atomic mass is 9.94. The van der Waals surface area contributed by atoms with Crippen LogP contribution in [0.15, 0.2) is 27.9 Å². The van der Waals surface area contributed by atoms with Crippen molar-refractivity contribution in [2.45, 2.75) is 70.1 Å². The predicted molar refractivity (Wildman–Crippen MR) is 116 cm³/mol. The van der Waals surface area contributed by atoms with Gasteiger partial charge < -0.3 is 9.36 Å². The van der Waals surface area contributed by atoms with E-state index in [0.717, 1.165) is 29.0 Å². The molecule has 2 heterocycles. The summed E-state index contributed by atoms with van der Waals surface area (Å²) in [6, 6.07) is 4.49. The Hall–Kier alpha value is -2.44. The third-order valence-corrected chi connectivity index (χ3v) is 5.83. The summed E-state index contributed by atoms with van der Waals surface area (Å²) in [5, 5.41) is 10.3. The van der Waals surface area contributed by atoms with E-state index in [-0.39, 0.29) is 11.4 Å². The fourth-order valence-corrected chi connectivity index (χ4v) is 4.61. The van der Waals surface area contributed by atoms with Crippen molar-refractivity contribution in [3.8, 4) is 23.7 Å². The topological polar surface area (TPSA) is 47.6 Å².